The van der Waals surface area contributed by atoms with E-state index in [9.17, 15) is 0 Å². The van der Waals surface area contributed by atoms with Crippen molar-refractivity contribution in [2.24, 2.45) is 5.84 Å². The largest absolute Gasteiger partial charge is 0.472 e. The smallest absolute Gasteiger partial charge is 0.0935 e. The Morgan fingerprint density at radius 3 is 2.82 bits per heavy atom. The molecule has 0 amide bonds. The second-order valence-corrected chi connectivity index (χ2v) is 4.49. The summed E-state index contributed by atoms with van der Waals surface area (Å²) < 4.78 is 5.06. The van der Waals surface area contributed by atoms with Gasteiger partial charge in [0, 0.05) is 5.02 Å². The number of benzene rings is 1. The second kappa shape index (κ2) is 5.36. The number of halogens is 1. The molecule has 0 bridgehead atoms. The highest BCUT2D eigenvalue weighted by Crippen LogP contribution is 2.24. The normalized spacial score (nSPS) is 12.6. The summed E-state index contributed by atoms with van der Waals surface area (Å²) in [5.41, 5.74) is 6.23. The zero-order chi connectivity index (χ0) is 12.3. The van der Waals surface area contributed by atoms with Crippen molar-refractivity contribution in [3.05, 3.63) is 58.5 Å². The van der Waals surface area contributed by atoms with Crippen molar-refractivity contribution in [2.45, 2.75) is 19.4 Å². The van der Waals surface area contributed by atoms with Crippen molar-refractivity contribution in [1.82, 2.24) is 5.43 Å². The molecule has 3 N–H and O–H groups in total. The maximum absolute atomic E-state index is 5.94. The molecule has 1 aromatic carbocycles. The van der Waals surface area contributed by atoms with Crippen LogP contribution in [0.15, 0.2) is 41.2 Å². The summed E-state index contributed by atoms with van der Waals surface area (Å²) in [6.07, 6.45) is 4.18. The van der Waals surface area contributed by atoms with Gasteiger partial charge in [-0.1, -0.05) is 17.7 Å². The average molecular weight is 251 g/mol. The van der Waals surface area contributed by atoms with Crippen molar-refractivity contribution in [1.29, 1.82) is 0 Å². The standard InChI is InChI=1S/C13H15ClN2O/c1-9-6-11(14)2-3-12(9)13(16-15)7-10-4-5-17-8-10/h2-6,8,13,16H,7,15H2,1H3. The van der Waals surface area contributed by atoms with Crippen LogP contribution in [-0.2, 0) is 6.42 Å². The quantitative estimate of drug-likeness (QED) is 0.648. The summed E-state index contributed by atoms with van der Waals surface area (Å²) in [6.45, 7) is 2.03. The lowest BCUT2D eigenvalue weighted by molar-refractivity contribution is 0.534. The van der Waals surface area contributed by atoms with Gasteiger partial charge in [0.25, 0.3) is 0 Å². The highest BCUT2D eigenvalue weighted by molar-refractivity contribution is 6.30. The SMILES string of the molecule is Cc1cc(Cl)ccc1C(Cc1ccoc1)NN. The van der Waals surface area contributed by atoms with Gasteiger partial charge in [-0.25, -0.2) is 0 Å². The minimum atomic E-state index is 0.0601. The van der Waals surface area contributed by atoms with Crippen LogP contribution in [0.4, 0.5) is 0 Å². The van der Waals surface area contributed by atoms with Crippen LogP contribution in [0.25, 0.3) is 0 Å². The molecule has 0 aliphatic heterocycles. The molecule has 2 aromatic rings. The van der Waals surface area contributed by atoms with E-state index in [1.54, 1.807) is 12.5 Å². The fourth-order valence-electron chi connectivity index (χ4n) is 1.93. The van der Waals surface area contributed by atoms with Gasteiger partial charge in [0.05, 0.1) is 18.6 Å². The number of nitrogens with two attached hydrogens (primary N) is 1. The minimum absolute atomic E-state index is 0.0601. The van der Waals surface area contributed by atoms with Crippen molar-refractivity contribution >= 4 is 11.6 Å². The van der Waals surface area contributed by atoms with E-state index >= 15 is 0 Å². The summed E-state index contributed by atoms with van der Waals surface area (Å²) >= 11 is 5.94. The highest BCUT2D eigenvalue weighted by Gasteiger charge is 2.13. The van der Waals surface area contributed by atoms with Gasteiger partial charge in [-0.05, 0) is 48.2 Å². The molecule has 0 fully saturated rings. The predicted molar refractivity (Wildman–Crippen MR) is 68.7 cm³/mol. The van der Waals surface area contributed by atoms with Gasteiger partial charge in [0.2, 0.25) is 0 Å². The Hall–Kier alpha value is -1.29. The first-order valence-electron chi connectivity index (χ1n) is 5.44. The van der Waals surface area contributed by atoms with Crippen LogP contribution >= 0.6 is 11.6 Å². The molecule has 90 valence electrons. The van der Waals surface area contributed by atoms with E-state index in [1.165, 1.54) is 0 Å². The molecule has 1 aromatic heterocycles. The van der Waals surface area contributed by atoms with Crippen LogP contribution in [-0.4, -0.2) is 0 Å². The molecular formula is C13H15ClN2O. The molecular weight excluding hydrogens is 236 g/mol. The van der Waals surface area contributed by atoms with Gasteiger partial charge in [-0.2, -0.15) is 0 Å². The Labute approximate surface area is 106 Å². The number of aryl methyl sites for hydroxylation is 1. The third kappa shape index (κ3) is 2.88. The first-order chi connectivity index (χ1) is 8.20. The van der Waals surface area contributed by atoms with Crippen molar-refractivity contribution < 1.29 is 4.42 Å². The first-order valence-corrected chi connectivity index (χ1v) is 5.81. The molecule has 0 aliphatic carbocycles. The van der Waals surface area contributed by atoms with Crippen molar-refractivity contribution in [2.75, 3.05) is 0 Å². The fourth-order valence-corrected chi connectivity index (χ4v) is 2.16. The Morgan fingerprint density at radius 1 is 1.41 bits per heavy atom. The van der Waals surface area contributed by atoms with Gasteiger partial charge < -0.3 is 4.42 Å². The van der Waals surface area contributed by atoms with Crippen LogP contribution in [0, 0.1) is 6.92 Å². The van der Waals surface area contributed by atoms with E-state index in [-0.39, 0.29) is 6.04 Å². The third-order valence-electron chi connectivity index (χ3n) is 2.83. The molecule has 1 unspecified atom stereocenters. The van der Waals surface area contributed by atoms with Gasteiger partial charge in [0.15, 0.2) is 0 Å². The Kier molecular flexibility index (Phi) is 3.84. The number of hydrogen-bond donors (Lipinski definition) is 2. The van der Waals surface area contributed by atoms with Crippen LogP contribution in [0.5, 0.6) is 0 Å². The lowest BCUT2D eigenvalue weighted by Crippen LogP contribution is -2.30. The summed E-state index contributed by atoms with van der Waals surface area (Å²) in [5, 5.41) is 0.741. The fraction of sp³-hybridized carbons (Fsp3) is 0.231. The summed E-state index contributed by atoms with van der Waals surface area (Å²) in [4.78, 5) is 0. The number of hydrogen-bond acceptors (Lipinski definition) is 3. The van der Waals surface area contributed by atoms with Crippen molar-refractivity contribution in [3.8, 4) is 0 Å². The van der Waals surface area contributed by atoms with Gasteiger partial charge in [0.1, 0.15) is 0 Å². The summed E-state index contributed by atoms with van der Waals surface area (Å²) in [6, 6.07) is 7.82. The van der Waals surface area contributed by atoms with Crippen LogP contribution in [0.1, 0.15) is 22.7 Å². The molecule has 4 heteroatoms. The molecule has 0 radical (unpaired) electrons. The van der Waals surface area contributed by atoms with E-state index in [2.05, 4.69) is 5.43 Å². The zero-order valence-corrected chi connectivity index (χ0v) is 10.4. The van der Waals surface area contributed by atoms with Gasteiger partial charge in [-0.15, -0.1) is 0 Å². The topological polar surface area (TPSA) is 51.2 Å². The molecule has 0 spiro atoms. The minimum Gasteiger partial charge on any atom is -0.472 e. The van der Waals surface area contributed by atoms with E-state index in [0.29, 0.717) is 0 Å². The summed E-state index contributed by atoms with van der Waals surface area (Å²) in [7, 11) is 0. The van der Waals surface area contributed by atoms with Crippen LogP contribution in [0.2, 0.25) is 5.02 Å². The van der Waals surface area contributed by atoms with Crippen LogP contribution in [0.3, 0.4) is 0 Å². The Bertz CT molecular complexity index is 482. The monoisotopic (exact) mass is 250 g/mol. The maximum atomic E-state index is 5.94. The summed E-state index contributed by atoms with van der Waals surface area (Å²) in [5.74, 6) is 5.61. The zero-order valence-electron chi connectivity index (χ0n) is 9.61. The molecule has 1 atom stereocenters. The molecule has 3 nitrogen and oxygen atoms in total. The molecule has 1 heterocycles. The van der Waals surface area contributed by atoms with Gasteiger partial charge >= 0.3 is 0 Å². The van der Waals surface area contributed by atoms with E-state index in [1.807, 2.05) is 31.2 Å². The lowest BCUT2D eigenvalue weighted by atomic mass is 9.97. The predicted octanol–water partition coefficient (Wildman–Crippen LogP) is 2.99. The van der Waals surface area contributed by atoms with E-state index < -0.39 is 0 Å². The van der Waals surface area contributed by atoms with E-state index in [4.69, 9.17) is 21.9 Å². The third-order valence-corrected chi connectivity index (χ3v) is 3.06. The molecule has 0 saturated heterocycles. The maximum Gasteiger partial charge on any atom is 0.0935 e. The molecule has 0 saturated carbocycles. The number of nitrogens with one attached hydrogen (secondary N) is 1. The number of furan rings is 1. The van der Waals surface area contributed by atoms with E-state index in [0.717, 1.165) is 28.1 Å². The first kappa shape index (κ1) is 12.2. The molecule has 2 rings (SSSR count). The number of rotatable bonds is 4. The van der Waals surface area contributed by atoms with Gasteiger partial charge in [-0.3, -0.25) is 11.3 Å². The van der Waals surface area contributed by atoms with Crippen molar-refractivity contribution in [3.63, 3.8) is 0 Å². The molecule has 0 aliphatic rings. The highest BCUT2D eigenvalue weighted by atomic mass is 35.5. The molecule has 17 heavy (non-hydrogen) atoms. The lowest BCUT2D eigenvalue weighted by Gasteiger charge is -2.18. The Morgan fingerprint density at radius 2 is 2.24 bits per heavy atom. The van der Waals surface area contributed by atoms with Crippen LogP contribution < -0.4 is 11.3 Å². The Balaban J connectivity index is 2.23. The second-order valence-electron chi connectivity index (χ2n) is 4.06. The average Bonchev–Trinajstić information content (AvgIpc) is 2.79. The number of hydrazine groups is 1.